The molecule has 2 rings (SSSR count). The largest absolute Gasteiger partial charge is 0.396 e. The number of rotatable bonds is 7. The van der Waals surface area contributed by atoms with Crippen LogP contribution < -0.4 is 10.2 Å². The van der Waals surface area contributed by atoms with E-state index in [4.69, 9.17) is 5.11 Å². The van der Waals surface area contributed by atoms with Crippen LogP contribution >= 0.6 is 0 Å². The molecule has 0 aliphatic carbocycles. The van der Waals surface area contributed by atoms with Crippen molar-refractivity contribution < 1.29 is 9.50 Å². The van der Waals surface area contributed by atoms with Crippen molar-refractivity contribution in [3.05, 3.63) is 29.6 Å². The smallest absolute Gasteiger partial charge is 0.130 e. The van der Waals surface area contributed by atoms with Crippen LogP contribution in [-0.4, -0.2) is 30.8 Å². The van der Waals surface area contributed by atoms with E-state index in [2.05, 4.69) is 10.2 Å². The average molecular weight is 294 g/mol. The van der Waals surface area contributed by atoms with Gasteiger partial charge in [0.25, 0.3) is 0 Å². The van der Waals surface area contributed by atoms with E-state index in [-0.39, 0.29) is 18.5 Å². The van der Waals surface area contributed by atoms with Crippen molar-refractivity contribution in [2.45, 2.75) is 51.6 Å². The highest BCUT2D eigenvalue weighted by atomic mass is 19.1. The fourth-order valence-corrected chi connectivity index (χ4v) is 3.39. The first kappa shape index (κ1) is 16.2. The van der Waals surface area contributed by atoms with Gasteiger partial charge in [0.1, 0.15) is 5.82 Å². The van der Waals surface area contributed by atoms with Gasteiger partial charge in [-0.3, -0.25) is 0 Å². The van der Waals surface area contributed by atoms with Crippen LogP contribution in [0.4, 0.5) is 10.1 Å². The summed E-state index contributed by atoms with van der Waals surface area (Å²) in [6.45, 7) is 6.09. The molecule has 0 saturated carbocycles. The molecule has 0 amide bonds. The van der Waals surface area contributed by atoms with Crippen molar-refractivity contribution in [1.82, 2.24) is 5.32 Å². The van der Waals surface area contributed by atoms with Crippen LogP contribution in [0.25, 0.3) is 0 Å². The van der Waals surface area contributed by atoms with E-state index >= 15 is 0 Å². The Morgan fingerprint density at radius 3 is 3.00 bits per heavy atom. The zero-order valence-corrected chi connectivity index (χ0v) is 13.1. The predicted octanol–water partition coefficient (Wildman–Crippen LogP) is 3.24. The van der Waals surface area contributed by atoms with Gasteiger partial charge in [0.2, 0.25) is 0 Å². The Labute approximate surface area is 127 Å². The Hall–Kier alpha value is -1.13. The fourth-order valence-electron chi connectivity index (χ4n) is 3.39. The summed E-state index contributed by atoms with van der Waals surface area (Å²) in [5.74, 6) is -0.131. The van der Waals surface area contributed by atoms with Crippen molar-refractivity contribution >= 4 is 5.69 Å². The number of halogens is 1. The van der Waals surface area contributed by atoms with E-state index in [0.717, 1.165) is 50.0 Å². The first-order valence-corrected chi connectivity index (χ1v) is 8.08. The van der Waals surface area contributed by atoms with Gasteiger partial charge in [0.05, 0.1) is 0 Å². The minimum atomic E-state index is -0.131. The number of hydrogen-bond donors (Lipinski definition) is 2. The van der Waals surface area contributed by atoms with Gasteiger partial charge in [-0.1, -0.05) is 13.0 Å². The topological polar surface area (TPSA) is 35.5 Å². The molecule has 1 aliphatic heterocycles. The summed E-state index contributed by atoms with van der Waals surface area (Å²) in [5, 5.41) is 12.4. The molecule has 0 radical (unpaired) electrons. The van der Waals surface area contributed by atoms with Crippen molar-refractivity contribution in [1.29, 1.82) is 0 Å². The van der Waals surface area contributed by atoms with E-state index in [0.29, 0.717) is 6.04 Å². The third kappa shape index (κ3) is 3.74. The zero-order valence-electron chi connectivity index (χ0n) is 13.1. The van der Waals surface area contributed by atoms with Crippen molar-refractivity contribution in [2.24, 2.45) is 0 Å². The highest BCUT2D eigenvalue weighted by Crippen LogP contribution is 2.34. The summed E-state index contributed by atoms with van der Waals surface area (Å²) < 4.78 is 14.3. The molecular weight excluding hydrogens is 267 g/mol. The van der Waals surface area contributed by atoms with Crippen molar-refractivity contribution in [2.75, 3.05) is 24.6 Å². The lowest BCUT2D eigenvalue weighted by molar-refractivity contribution is 0.279. The second kappa shape index (κ2) is 7.76. The van der Waals surface area contributed by atoms with Gasteiger partial charge in [-0.25, -0.2) is 4.39 Å². The molecule has 4 heteroatoms. The van der Waals surface area contributed by atoms with Gasteiger partial charge in [-0.05, 0) is 51.3 Å². The van der Waals surface area contributed by atoms with E-state index < -0.39 is 0 Å². The number of aliphatic hydroxyl groups is 1. The monoisotopic (exact) mass is 294 g/mol. The molecule has 2 unspecified atom stereocenters. The Balaban J connectivity index is 2.27. The van der Waals surface area contributed by atoms with Gasteiger partial charge in [-0.15, -0.1) is 0 Å². The third-order valence-electron chi connectivity index (χ3n) is 4.36. The highest BCUT2D eigenvalue weighted by Gasteiger charge is 2.28. The molecule has 1 heterocycles. The summed E-state index contributed by atoms with van der Waals surface area (Å²) in [6, 6.07) is 5.81. The molecule has 0 aromatic heterocycles. The van der Waals surface area contributed by atoms with Crippen molar-refractivity contribution in [3.63, 3.8) is 0 Å². The molecule has 21 heavy (non-hydrogen) atoms. The quantitative estimate of drug-likeness (QED) is 0.810. The third-order valence-corrected chi connectivity index (χ3v) is 4.36. The van der Waals surface area contributed by atoms with Gasteiger partial charge in [-0.2, -0.15) is 0 Å². The minimum Gasteiger partial charge on any atom is -0.396 e. The maximum Gasteiger partial charge on any atom is 0.130 e. The van der Waals surface area contributed by atoms with Gasteiger partial charge >= 0.3 is 0 Å². The van der Waals surface area contributed by atoms with Crippen LogP contribution in [0.5, 0.6) is 0 Å². The Morgan fingerprint density at radius 2 is 2.29 bits per heavy atom. The van der Waals surface area contributed by atoms with E-state index in [9.17, 15) is 4.39 Å². The molecule has 0 bridgehead atoms. The molecule has 0 spiro atoms. The number of hydrogen-bond acceptors (Lipinski definition) is 3. The lowest BCUT2D eigenvalue weighted by atomic mass is 10.0. The standard InChI is InChI=1S/C17H27FN2O/c1-3-19-13(2)17-15(18)9-4-10-16(17)20-11-5-7-14(20)8-6-12-21/h4,9-10,13-14,19,21H,3,5-8,11-12H2,1-2H3. The second-order valence-corrected chi connectivity index (χ2v) is 5.81. The van der Waals surface area contributed by atoms with Crippen LogP contribution in [-0.2, 0) is 0 Å². The number of nitrogens with zero attached hydrogens (tertiary/aromatic N) is 1. The number of benzene rings is 1. The SMILES string of the molecule is CCNC(C)c1c(F)cccc1N1CCCC1CCCO. The maximum absolute atomic E-state index is 14.3. The predicted molar refractivity (Wildman–Crippen MR) is 85.2 cm³/mol. The van der Waals surface area contributed by atoms with Crippen LogP contribution in [0.3, 0.4) is 0 Å². The Morgan fingerprint density at radius 1 is 1.48 bits per heavy atom. The lowest BCUT2D eigenvalue weighted by Crippen LogP contribution is -2.32. The second-order valence-electron chi connectivity index (χ2n) is 5.81. The minimum absolute atomic E-state index is 0.00490. The first-order chi connectivity index (χ1) is 10.2. The normalized spacial score (nSPS) is 20.0. The molecular formula is C17H27FN2O. The van der Waals surface area contributed by atoms with Gasteiger partial charge in [0.15, 0.2) is 0 Å². The first-order valence-electron chi connectivity index (χ1n) is 8.08. The number of nitrogens with one attached hydrogen (secondary N) is 1. The number of anilines is 1. The number of aliphatic hydroxyl groups excluding tert-OH is 1. The summed E-state index contributed by atoms with van der Waals surface area (Å²) in [7, 11) is 0. The fraction of sp³-hybridized carbons (Fsp3) is 0.647. The van der Waals surface area contributed by atoms with Crippen LogP contribution in [0.2, 0.25) is 0 Å². The van der Waals surface area contributed by atoms with E-state index in [1.54, 1.807) is 12.1 Å². The van der Waals surface area contributed by atoms with Crippen molar-refractivity contribution in [3.8, 4) is 0 Å². The summed E-state index contributed by atoms with van der Waals surface area (Å²) in [6.07, 6.45) is 4.06. The zero-order chi connectivity index (χ0) is 15.2. The summed E-state index contributed by atoms with van der Waals surface area (Å²) >= 11 is 0. The Kier molecular flexibility index (Phi) is 6.00. The molecule has 2 atom stereocenters. The molecule has 1 aliphatic rings. The van der Waals surface area contributed by atoms with Crippen LogP contribution in [0, 0.1) is 5.82 Å². The molecule has 118 valence electrons. The van der Waals surface area contributed by atoms with Crippen LogP contribution in [0.15, 0.2) is 18.2 Å². The van der Waals surface area contributed by atoms with Crippen LogP contribution in [0.1, 0.15) is 51.1 Å². The Bertz CT molecular complexity index is 452. The van der Waals surface area contributed by atoms with E-state index in [1.807, 2.05) is 19.9 Å². The van der Waals surface area contributed by atoms with Gasteiger partial charge < -0.3 is 15.3 Å². The highest BCUT2D eigenvalue weighted by molar-refractivity contribution is 5.57. The summed E-state index contributed by atoms with van der Waals surface area (Å²) in [4.78, 5) is 2.34. The maximum atomic E-state index is 14.3. The average Bonchev–Trinajstić information content (AvgIpc) is 2.93. The van der Waals surface area contributed by atoms with E-state index in [1.165, 1.54) is 0 Å². The molecule has 2 N–H and O–H groups in total. The molecule has 1 fully saturated rings. The lowest BCUT2D eigenvalue weighted by Gasteiger charge is -2.31. The molecule has 1 aromatic rings. The molecule has 3 nitrogen and oxygen atoms in total. The summed E-state index contributed by atoms with van der Waals surface area (Å²) in [5.41, 5.74) is 1.79. The molecule has 1 aromatic carbocycles. The molecule has 1 saturated heterocycles. The van der Waals surface area contributed by atoms with Gasteiger partial charge in [0, 0.05) is 36.5 Å².